The largest absolute Gasteiger partial charge is 0.459 e. The maximum absolute atomic E-state index is 12.4. The fourth-order valence-corrected chi connectivity index (χ4v) is 5.51. The van der Waals surface area contributed by atoms with Crippen LogP contribution in [0.5, 0.6) is 0 Å². The van der Waals surface area contributed by atoms with Crippen LogP contribution in [0.4, 0.5) is 0 Å². The Morgan fingerprint density at radius 3 is 2.55 bits per heavy atom. The number of aliphatic hydroxyl groups is 2. The van der Waals surface area contributed by atoms with Crippen LogP contribution in [0.1, 0.15) is 73.6 Å². The number of carbonyl (C=O) groups excluding carboxylic acids is 3. The zero-order chi connectivity index (χ0) is 31.1. The molecule has 2 amide bonds. The quantitative estimate of drug-likeness (QED) is 0.115. The number of aliphatic hydroxyl groups excluding tert-OH is 1. The molecule has 0 radical (unpaired) electrons. The summed E-state index contributed by atoms with van der Waals surface area (Å²) in [6.07, 6.45) is 7.96. The van der Waals surface area contributed by atoms with Crippen molar-refractivity contribution in [2.45, 2.75) is 122 Å². The van der Waals surface area contributed by atoms with E-state index in [1.165, 1.54) is 19.1 Å². The zero-order valence-corrected chi connectivity index (χ0v) is 25.6. The number of ether oxygens (including phenoxy) is 4. The van der Waals surface area contributed by atoms with E-state index in [4.69, 9.17) is 18.9 Å². The van der Waals surface area contributed by atoms with Crippen molar-refractivity contribution < 1.29 is 43.5 Å². The van der Waals surface area contributed by atoms with Crippen LogP contribution in [0.25, 0.3) is 0 Å². The summed E-state index contributed by atoms with van der Waals surface area (Å²) in [6.45, 7) is 11.7. The third kappa shape index (κ3) is 9.74. The van der Waals surface area contributed by atoms with Crippen molar-refractivity contribution >= 4 is 17.8 Å². The maximum atomic E-state index is 12.4. The maximum Gasteiger partial charge on any atom is 0.303 e. The van der Waals surface area contributed by atoms with Crippen molar-refractivity contribution in [1.82, 2.24) is 10.6 Å². The standard InChI is InChI=1S/C31H48N2O9/c1-7-14-32-28(36)16-31(38)17-30(18-39-30)29(37)26(42-31)12-9-19(2)8-11-25-20(3)15-24(22(5)41-25)33-27(35)13-10-21(4)40-23(6)34/h8-10,12-13,20-22,24-26,29,37-38H,7,11,14-18H2,1-6H3,(H,32,36)(H,33,35)/t20-,21?,22+,24+,25-,26+,29+,30+,31+/m0/s1. The molecule has 0 aliphatic carbocycles. The first-order valence-electron chi connectivity index (χ1n) is 14.9. The van der Waals surface area contributed by atoms with Crippen molar-refractivity contribution in [1.29, 1.82) is 0 Å². The van der Waals surface area contributed by atoms with Gasteiger partial charge in [-0.25, -0.2) is 0 Å². The normalized spacial score (nSPS) is 35.8. The molecule has 4 N–H and O–H groups in total. The lowest BCUT2D eigenvalue weighted by atomic mass is 9.85. The van der Waals surface area contributed by atoms with E-state index in [0.29, 0.717) is 19.6 Å². The van der Waals surface area contributed by atoms with Gasteiger partial charge in [-0.2, -0.15) is 0 Å². The van der Waals surface area contributed by atoms with E-state index in [1.54, 1.807) is 13.0 Å². The van der Waals surface area contributed by atoms with Crippen molar-refractivity contribution in [3.05, 3.63) is 36.0 Å². The topological polar surface area (TPSA) is 156 Å². The minimum Gasteiger partial charge on any atom is -0.459 e. The predicted molar refractivity (Wildman–Crippen MR) is 155 cm³/mol. The van der Waals surface area contributed by atoms with Crippen LogP contribution in [-0.4, -0.2) is 89.1 Å². The third-order valence-electron chi connectivity index (χ3n) is 7.94. The number of rotatable bonds is 12. The molecular weight excluding hydrogens is 544 g/mol. The number of nitrogens with one attached hydrogen (secondary N) is 2. The van der Waals surface area contributed by atoms with Gasteiger partial charge in [0.25, 0.3) is 0 Å². The number of allylic oxidation sites excluding steroid dienone is 2. The second kappa shape index (κ2) is 14.7. The molecule has 42 heavy (non-hydrogen) atoms. The van der Waals surface area contributed by atoms with Crippen LogP contribution in [0.2, 0.25) is 0 Å². The van der Waals surface area contributed by atoms with E-state index in [9.17, 15) is 24.6 Å². The van der Waals surface area contributed by atoms with E-state index >= 15 is 0 Å². The van der Waals surface area contributed by atoms with Gasteiger partial charge in [-0.1, -0.05) is 37.6 Å². The molecule has 3 aliphatic rings. The molecular formula is C31H48N2O9. The Balaban J connectivity index is 1.53. The molecule has 3 rings (SSSR count). The Labute approximate surface area is 248 Å². The molecule has 3 fully saturated rings. The number of amides is 2. The number of epoxide rings is 1. The van der Waals surface area contributed by atoms with Crippen molar-refractivity contribution in [3.8, 4) is 0 Å². The van der Waals surface area contributed by atoms with Gasteiger partial charge in [-0.3, -0.25) is 14.4 Å². The highest BCUT2D eigenvalue weighted by Gasteiger charge is 2.62. The highest BCUT2D eigenvalue weighted by Crippen LogP contribution is 2.47. The number of hydrogen-bond donors (Lipinski definition) is 4. The Bertz CT molecular complexity index is 1050. The molecule has 11 heteroatoms. The van der Waals surface area contributed by atoms with Crippen LogP contribution in [0, 0.1) is 5.92 Å². The van der Waals surface area contributed by atoms with Gasteiger partial charge in [0.15, 0.2) is 5.79 Å². The Morgan fingerprint density at radius 2 is 1.90 bits per heavy atom. The van der Waals surface area contributed by atoms with Gasteiger partial charge in [-0.05, 0) is 52.0 Å². The Morgan fingerprint density at radius 1 is 1.19 bits per heavy atom. The summed E-state index contributed by atoms with van der Waals surface area (Å²) in [7, 11) is 0. The van der Waals surface area contributed by atoms with Crippen LogP contribution >= 0.6 is 0 Å². The Hall–Kier alpha value is -2.57. The summed E-state index contributed by atoms with van der Waals surface area (Å²) < 4.78 is 22.6. The van der Waals surface area contributed by atoms with Crippen molar-refractivity contribution in [3.63, 3.8) is 0 Å². The highest BCUT2D eigenvalue weighted by atomic mass is 16.7. The number of carbonyl (C=O) groups is 3. The molecule has 0 aromatic rings. The average Bonchev–Trinajstić information content (AvgIpc) is 3.67. The van der Waals surface area contributed by atoms with Gasteiger partial charge in [0.1, 0.15) is 23.9 Å². The molecule has 3 heterocycles. The first-order chi connectivity index (χ1) is 19.8. The summed E-state index contributed by atoms with van der Waals surface area (Å²) >= 11 is 0. The lowest BCUT2D eigenvalue weighted by Gasteiger charge is -2.42. The molecule has 0 aromatic carbocycles. The molecule has 236 valence electrons. The molecule has 3 aliphatic heterocycles. The van der Waals surface area contributed by atoms with Crippen LogP contribution in [0.15, 0.2) is 36.0 Å². The Kier molecular flexibility index (Phi) is 11.9. The fraction of sp³-hybridized carbons (Fsp3) is 0.710. The molecule has 0 aromatic heterocycles. The lowest BCUT2D eigenvalue weighted by molar-refractivity contribution is -0.282. The van der Waals surface area contributed by atoms with E-state index in [-0.39, 0.29) is 48.8 Å². The number of esters is 1. The molecule has 3 saturated heterocycles. The smallest absolute Gasteiger partial charge is 0.303 e. The molecule has 1 spiro atoms. The van der Waals surface area contributed by atoms with E-state index in [0.717, 1.165) is 18.4 Å². The van der Waals surface area contributed by atoms with Crippen LogP contribution < -0.4 is 10.6 Å². The van der Waals surface area contributed by atoms with E-state index in [2.05, 4.69) is 17.6 Å². The lowest BCUT2D eigenvalue weighted by Crippen LogP contribution is -2.57. The minimum absolute atomic E-state index is 0.0279. The van der Waals surface area contributed by atoms with Gasteiger partial charge >= 0.3 is 5.97 Å². The van der Waals surface area contributed by atoms with Gasteiger partial charge in [0.2, 0.25) is 11.8 Å². The summed E-state index contributed by atoms with van der Waals surface area (Å²) in [5.74, 6) is -2.52. The summed E-state index contributed by atoms with van der Waals surface area (Å²) in [6, 6.07) is -0.146. The van der Waals surface area contributed by atoms with Gasteiger partial charge in [0, 0.05) is 26.0 Å². The summed E-state index contributed by atoms with van der Waals surface area (Å²) in [5.41, 5.74) is 0.0198. The van der Waals surface area contributed by atoms with Crippen molar-refractivity contribution in [2.24, 2.45) is 5.92 Å². The predicted octanol–water partition coefficient (Wildman–Crippen LogP) is 2.21. The van der Waals surface area contributed by atoms with E-state index in [1.807, 2.05) is 32.9 Å². The monoisotopic (exact) mass is 592 g/mol. The molecule has 1 unspecified atom stereocenters. The first kappa shape index (κ1) is 33.9. The zero-order valence-electron chi connectivity index (χ0n) is 25.6. The van der Waals surface area contributed by atoms with Crippen LogP contribution in [0.3, 0.4) is 0 Å². The summed E-state index contributed by atoms with van der Waals surface area (Å²) in [4.78, 5) is 35.7. The fourth-order valence-electron chi connectivity index (χ4n) is 5.51. The van der Waals surface area contributed by atoms with Gasteiger partial charge < -0.3 is 39.8 Å². The average molecular weight is 593 g/mol. The van der Waals surface area contributed by atoms with Crippen molar-refractivity contribution in [2.75, 3.05) is 13.2 Å². The minimum atomic E-state index is -1.73. The highest BCUT2D eigenvalue weighted by molar-refractivity contribution is 5.87. The molecule has 0 saturated carbocycles. The summed E-state index contributed by atoms with van der Waals surface area (Å²) in [5, 5.41) is 27.7. The second-order valence-electron chi connectivity index (χ2n) is 12.0. The van der Waals surface area contributed by atoms with Gasteiger partial charge in [0.05, 0.1) is 31.3 Å². The third-order valence-corrected chi connectivity index (χ3v) is 7.94. The second-order valence-corrected chi connectivity index (χ2v) is 12.0. The first-order valence-corrected chi connectivity index (χ1v) is 14.9. The SMILES string of the molecule is CCCNC(=O)C[C@]1(O)C[C@@]2(CO2)[C@H](O)[C@@H](C=CC(C)=CC[C@@H]2O[C@H](C)[C@H](NC(=O)C=CC(C)OC(C)=O)C[C@@H]2C)O1. The molecule has 0 bridgehead atoms. The molecule has 9 atom stereocenters. The van der Waals surface area contributed by atoms with Gasteiger partial charge in [-0.15, -0.1) is 0 Å². The van der Waals surface area contributed by atoms with Crippen LogP contribution in [-0.2, 0) is 33.3 Å². The number of hydrogen-bond acceptors (Lipinski definition) is 9. The molecule has 11 nitrogen and oxygen atoms in total. The van der Waals surface area contributed by atoms with E-state index < -0.39 is 35.7 Å².